The van der Waals surface area contributed by atoms with Crippen LogP contribution < -0.4 is 5.32 Å². The highest BCUT2D eigenvalue weighted by molar-refractivity contribution is 6.48. The second-order valence-corrected chi connectivity index (χ2v) is 12.9. The van der Waals surface area contributed by atoms with E-state index in [1.807, 2.05) is 30.3 Å². The maximum Gasteiger partial charge on any atom is 0.481 e. The second kappa shape index (κ2) is 9.53. The van der Waals surface area contributed by atoms with Crippen LogP contribution in [0.25, 0.3) is 11.1 Å². The van der Waals surface area contributed by atoms with Gasteiger partial charge < -0.3 is 19.5 Å². The molecule has 200 valence electrons. The molecule has 5 aliphatic rings. The van der Waals surface area contributed by atoms with Crippen LogP contribution >= 0.6 is 0 Å². The van der Waals surface area contributed by atoms with Gasteiger partial charge in [0, 0.05) is 6.42 Å². The largest absolute Gasteiger partial charge is 0.481 e. The lowest BCUT2D eigenvalue weighted by Crippen LogP contribution is -2.65. The Hall–Kier alpha value is -2.64. The Kier molecular flexibility index (Phi) is 6.43. The third kappa shape index (κ3) is 4.38. The van der Waals surface area contributed by atoms with E-state index in [1.54, 1.807) is 0 Å². The fourth-order valence-electron chi connectivity index (χ4n) is 7.27. The van der Waals surface area contributed by atoms with Gasteiger partial charge in [-0.05, 0) is 66.0 Å². The summed E-state index contributed by atoms with van der Waals surface area (Å²) in [5.41, 5.74) is 4.06. The van der Waals surface area contributed by atoms with Crippen LogP contribution in [0.15, 0.2) is 59.8 Å². The summed E-state index contributed by atoms with van der Waals surface area (Å²) in [5, 5.41) is 7.49. The summed E-state index contributed by atoms with van der Waals surface area (Å²) < 4.78 is 13.2. The number of amides is 1. The minimum absolute atomic E-state index is 0.0902. The molecule has 0 radical (unpaired) electrons. The molecule has 2 aromatic carbocycles. The van der Waals surface area contributed by atoms with E-state index < -0.39 is 13.2 Å². The molecule has 38 heavy (non-hydrogen) atoms. The Morgan fingerprint density at radius 1 is 1.03 bits per heavy atom. The van der Waals surface area contributed by atoms with Crippen LogP contribution in [0.4, 0.5) is 0 Å². The Balaban J connectivity index is 1.10. The highest BCUT2D eigenvalue weighted by atomic mass is 16.7. The fraction of sp³-hybridized carbons (Fsp3) is 0.548. The van der Waals surface area contributed by atoms with E-state index in [9.17, 15) is 4.79 Å². The summed E-state index contributed by atoms with van der Waals surface area (Å²) in [6.45, 7) is 11.3. The van der Waals surface area contributed by atoms with Crippen molar-refractivity contribution < 1.29 is 18.9 Å². The Labute approximate surface area is 226 Å². The van der Waals surface area contributed by atoms with Crippen LogP contribution in [0.2, 0.25) is 0 Å². The van der Waals surface area contributed by atoms with Gasteiger partial charge >= 0.3 is 7.12 Å². The highest BCUT2D eigenvalue weighted by Gasteiger charge is 2.68. The lowest BCUT2D eigenvalue weighted by molar-refractivity contribution is -0.199. The molecule has 2 bridgehead atoms. The summed E-state index contributed by atoms with van der Waals surface area (Å²) >= 11 is 0. The van der Waals surface area contributed by atoms with E-state index in [0.29, 0.717) is 24.2 Å². The van der Waals surface area contributed by atoms with E-state index in [2.05, 4.69) is 69.4 Å². The molecule has 1 unspecified atom stereocenters. The number of nitrogens with zero attached hydrogens (tertiary/aromatic N) is 1. The predicted molar refractivity (Wildman–Crippen MR) is 149 cm³/mol. The predicted octanol–water partition coefficient (Wildman–Crippen LogP) is 5.65. The number of benzene rings is 2. The quantitative estimate of drug-likeness (QED) is 0.486. The van der Waals surface area contributed by atoms with Gasteiger partial charge in [0.2, 0.25) is 6.10 Å². The van der Waals surface area contributed by atoms with E-state index in [0.717, 1.165) is 29.7 Å². The summed E-state index contributed by atoms with van der Waals surface area (Å²) in [7, 11) is -0.446. The van der Waals surface area contributed by atoms with Crippen LogP contribution in [0.1, 0.15) is 65.9 Å². The summed E-state index contributed by atoms with van der Waals surface area (Å²) in [4.78, 5) is 19.0. The molecule has 7 heteroatoms. The number of nitrogens with one attached hydrogen (secondary N) is 1. The topological polar surface area (TPSA) is 69.2 Å². The molecule has 2 heterocycles. The van der Waals surface area contributed by atoms with Crippen LogP contribution in [0.3, 0.4) is 0 Å². The van der Waals surface area contributed by atoms with E-state index in [-0.39, 0.29) is 29.0 Å². The van der Waals surface area contributed by atoms with Crippen LogP contribution in [0, 0.1) is 23.2 Å². The standard InChI is InChI=1S/C31H39BN2O4/c1-19(2)15-28(32-36-27-17-23-16-26(30(23,3)4)31(27,5)38-32)33-29(35)25-18-24(34-37-25)22-13-11-21(12-14-22)20-9-7-6-8-10-20/h6-14,19,23,25-28H,15-18H2,1-5H3,(H,33,35)/t23-,25?,26-,27+,28-,31-/m0/s1. The Bertz CT molecular complexity index is 1210. The Morgan fingerprint density at radius 2 is 1.71 bits per heavy atom. The molecule has 2 aromatic rings. The number of oxime groups is 1. The molecule has 7 rings (SSSR count). The average molecular weight is 514 g/mol. The maximum atomic E-state index is 13.4. The molecule has 0 spiro atoms. The zero-order chi connectivity index (χ0) is 26.7. The lowest BCUT2D eigenvalue weighted by atomic mass is 9.43. The van der Waals surface area contributed by atoms with E-state index >= 15 is 0 Å². The first-order chi connectivity index (χ1) is 18.1. The van der Waals surface area contributed by atoms with Crippen molar-refractivity contribution in [1.29, 1.82) is 0 Å². The maximum absolute atomic E-state index is 13.4. The van der Waals surface area contributed by atoms with Crippen LogP contribution in [-0.4, -0.2) is 42.5 Å². The third-order valence-electron chi connectivity index (χ3n) is 9.64. The lowest BCUT2D eigenvalue weighted by Gasteiger charge is -2.64. The van der Waals surface area contributed by atoms with Crippen molar-refractivity contribution in [3.05, 3.63) is 60.2 Å². The molecule has 0 aromatic heterocycles. The molecule has 6 nitrogen and oxygen atoms in total. The van der Waals surface area contributed by atoms with Gasteiger partial charge in [-0.25, -0.2) is 0 Å². The average Bonchev–Trinajstić information content (AvgIpc) is 3.53. The van der Waals surface area contributed by atoms with Gasteiger partial charge in [0.1, 0.15) is 0 Å². The number of carbonyl (C=O) groups is 1. The van der Waals surface area contributed by atoms with Gasteiger partial charge in [-0.1, -0.05) is 87.4 Å². The smallest absolute Gasteiger partial charge is 0.404 e. The summed E-state index contributed by atoms with van der Waals surface area (Å²) in [5.74, 6) is 1.17. The summed E-state index contributed by atoms with van der Waals surface area (Å²) in [6, 6.07) is 18.5. The van der Waals surface area contributed by atoms with Crippen molar-refractivity contribution in [3.63, 3.8) is 0 Å². The van der Waals surface area contributed by atoms with Crippen molar-refractivity contribution in [2.45, 2.75) is 84.1 Å². The molecule has 1 saturated heterocycles. The first-order valence-electron chi connectivity index (χ1n) is 14.2. The van der Waals surface area contributed by atoms with Crippen LogP contribution in [-0.2, 0) is 18.9 Å². The van der Waals surface area contributed by atoms with Gasteiger partial charge in [0.15, 0.2) is 0 Å². The third-order valence-corrected chi connectivity index (χ3v) is 9.64. The number of rotatable bonds is 7. The first kappa shape index (κ1) is 25.6. The normalized spacial score (nSPS) is 31.7. The minimum atomic E-state index is -0.653. The molecule has 4 fully saturated rings. The SMILES string of the molecule is CC(C)C[C@H](NC(=O)C1CC(c2ccc(-c3ccccc3)cc2)=NO1)B1O[C@@H]2C[C@@H]3C[C@@H](C3(C)C)[C@]2(C)O1. The monoisotopic (exact) mass is 514 g/mol. The second-order valence-electron chi connectivity index (χ2n) is 12.9. The zero-order valence-electron chi connectivity index (χ0n) is 23.1. The van der Waals surface area contributed by atoms with Gasteiger partial charge in [-0.15, -0.1) is 0 Å². The highest BCUT2D eigenvalue weighted by Crippen LogP contribution is 2.65. The number of hydrogen-bond acceptors (Lipinski definition) is 5. The molecule has 3 aliphatic carbocycles. The van der Waals surface area contributed by atoms with Gasteiger partial charge in [0.25, 0.3) is 5.91 Å². The molecular weight excluding hydrogens is 475 g/mol. The Morgan fingerprint density at radius 3 is 2.39 bits per heavy atom. The van der Waals surface area contributed by atoms with Crippen molar-refractivity contribution in [2.24, 2.45) is 28.3 Å². The minimum Gasteiger partial charge on any atom is -0.404 e. The van der Waals surface area contributed by atoms with Gasteiger partial charge in [-0.2, -0.15) is 0 Å². The van der Waals surface area contributed by atoms with Crippen LogP contribution in [0.5, 0.6) is 0 Å². The number of hydrogen-bond donors (Lipinski definition) is 1. The van der Waals surface area contributed by atoms with Gasteiger partial charge in [-0.3, -0.25) is 4.79 Å². The molecule has 2 aliphatic heterocycles. The molecule has 6 atom stereocenters. The van der Waals surface area contributed by atoms with Gasteiger partial charge in [0.05, 0.1) is 23.4 Å². The van der Waals surface area contributed by atoms with Crippen molar-refractivity contribution >= 4 is 18.7 Å². The van der Waals surface area contributed by atoms with Crippen molar-refractivity contribution in [1.82, 2.24) is 5.32 Å². The zero-order valence-corrected chi connectivity index (χ0v) is 23.1. The molecule has 1 N–H and O–H groups in total. The van der Waals surface area contributed by atoms with Crippen molar-refractivity contribution in [3.8, 4) is 11.1 Å². The molecule has 1 amide bonds. The van der Waals surface area contributed by atoms with E-state index in [4.69, 9.17) is 14.1 Å². The molecular formula is C31H39BN2O4. The van der Waals surface area contributed by atoms with Crippen molar-refractivity contribution in [2.75, 3.05) is 0 Å². The summed E-state index contributed by atoms with van der Waals surface area (Å²) in [6.07, 6.45) is 2.89. The fourth-order valence-corrected chi connectivity index (χ4v) is 7.27. The molecule has 3 saturated carbocycles. The van der Waals surface area contributed by atoms with E-state index in [1.165, 1.54) is 12.0 Å². The first-order valence-corrected chi connectivity index (χ1v) is 14.2. The number of carbonyl (C=O) groups excluding carboxylic acids is 1.